The number of ether oxygens (including phenoxy) is 2. The number of carbonyl (C=O) groups is 1. The molecule has 7 rings (SSSR count). The van der Waals surface area contributed by atoms with Crippen molar-refractivity contribution in [1.82, 2.24) is 0 Å². The van der Waals surface area contributed by atoms with Crippen LogP contribution in [0.5, 0.6) is 11.5 Å². The number of hydrogen-bond donors (Lipinski definition) is 0. The normalized spacial score (nSPS) is 13.1. The van der Waals surface area contributed by atoms with Crippen LogP contribution in [-0.4, -0.2) is 26.2 Å². The van der Waals surface area contributed by atoms with Crippen LogP contribution < -0.4 is 14.5 Å². The number of fused-ring (bicyclic) bond motifs is 2. The van der Waals surface area contributed by atoms with E-state index >= 15 is 0 Å². The third-order valence-electron chi connectivity index (χ3n) is 8.98. The van der Waals surface area contributed by atoms with Crippen molar-refractivity contribution in [3.63, 3.8) is 0 Å². The van der Waals surface area contributed by atoms with E-state index in [-0.39, 0.29) is 11.9 Å². The maximum absolute atomic E-state index is 13.3. The zero-order valence-electron chi connectivity index (χ0n) is 27.9. The third kappa shape index (κ3) is 6.40. The standard InChI is InChI=1S/C43H38N2O3S/c1-4-44(5-2)32-25-26-36-39(27-32)48-40-29-41(49-33-21-13-8-14-22-33)38(45(30-17-9-6-10-18-30)31-19-11-7-12-20-31)28-37(40)42(36)34-23-15-16-24-35(34)43(46)47-3/h6-29,42H,4-5H2,1-3H3. The van der Waals surface area contributed by atoms with E-state index in [1.807, 2.05) is 42.5 Å². The molecule has 0 saturated heterocycles. The lowest BCUT2D eigenvalue weighted by Crippen LogP contribution is -2.22. The van der Waals surface area contributed by atoms with Gasteiger partial charge in [-0.15, -0.1) is 0 Å². The topological polar surface area (TPSA) is 42.0 Å². The van der Waals surface area contributed by atoms with Crippen molar-refractivity contribution in [2.24, 2.45) is 0 Å². The summed E-state index contributed by atoms with van der Waals surface area (Å²) in [5.74, 6) is 0.893. The number of nitrogens with zero attached hydrogens (tertiary/aromatic N) is 2. The Bertz CT molecular complexity index is 2030. The van der Waals surface area contributed by atoms with Crippen LogP contribution in [0.15, 0.2) is 155 Å². The molecule has 6 aromatic carbocycles. The van der Waals surface area contributed by atoms with Gasteiger partial charge in [0.15, 0.2) is 0 Å². The molecule has 0 aliphatic carbocycles. The van der Waals surface area contributed by atoms with E-state index in [9.17, 15) is 4.79 Å². The van der Waals surface area contributed by atoms with Gasteiger partial charge in [0.2, 0.25) is 0 Å². The first-order valence-electron chi connectivity index (χ1n) is 16.6. The van der Waals surface area contributed by atoms with Gasteiger partial charge in [0.1, 0.15) is 11.5 Å². The van der Waals surface area contributed by atoms with Crippen molar-refractivity contribution in [1.29, 1.82) is 0 Å². The highest BCUT2D eigenvalue weighted by Crippen LogP contribution is 2.54. The minimum atomic E-state index is -0.364. The van der Waals surface area contributed by atoms with E-state index in [0.29, 0.717) is 5.56 Å². The average Bonchev–Trinajstić information content (AvgIpc) is 3.15. The highest BCUT2D eigenvalue weighted by molar-refractivity contribution is 7.99. The molecule has 5 nitrogen and oxygen atoms in total. The Kier molecular flexibility index (Phi) is 9.40. The first-order valence-corrected chi connectivity index (χ1v) is 17.5. The number of rotatable bonds is 10. The summed E-state index contributed by atoms with van der Waals surface area (Å²) in [4.78, 5) is 20.0. The van der Waals surface area contributed by atoms with Gasteiger partial charge in [-0.3, -0.25) is 0 Å². The first kappa shape index (κ1) is 32.1. The number of benzene rings is 6. The fraction of sp³-hybridized carbons (Fsp3) is 0.140. The van der Waals surface area contributed by atoms with Crippen LogP contribution in [0.3, 0.4) is 0 Å². The van der Waals surface area contributed by atoms with Crippen molar-refractivity contribution in [3.8, 4) is 11.5 Å². The van der Waals surface area contributed by atoms with Crippen molar-refractivity contribution >= 4 is 40.5 Å². The molecule has 0 bridgehead atoms. The number of anilines is 4. The lowest BCUT2D eigenvalue weighted by Gasteiger charge is -2.34. The van der Waals surface area contributed by atoms with E-state index in [1.165, 1.54) is 7.11 Å². The molecule has 0 amide bonds. The van der Waals surface area contributed by atoms with Gasteiger partial charge in [-0.05, 0) is 80.1 Å². The molecule has 1 heterocycles. The van der Waals surface area contributed by atoms with Gasteiger partial charge < -0.3 is 19.3 Å². The van der Waals surface area contributed by atoms with Gasteiger partial charge in [-0.25, -0.2) is 4.79 Å². The second-order valence-electron chi connectivity index (χ2n) is 11.8. The molecule has 1 atom stereocenters. The predicted molar refractivity (Wildman–Crippen MR) is 200 cm³/mol. The van der Waals surface area contributed by atoms with Crippen molar-refractivity contribution < 1.29 is 14.3 Å². The highest BCUT2D eigenvalue weighted by atomic mass is 32.2. The second kappa shape index (κ2) is 14.3. The van der Waals surface area contributed by atoms with Crippen LogP contribution >= 0.6 is 11.8 Å². The summed E-state index contributed by atoms with van der Waals surface area (Å²) in [5, 5.41) is 0. The summed E-state index contributed by atoms with van der Waals surface area (Å²) >= 11 is 1.71. The number of para-hydroxylation sites is 2. The smallest absolute Gasteiger partial charge is 0.338 e. The van der Waals surface area contributed by atoms with Gasteiger partial charge in [0.05, 0.1) is 18.4 Å². The summed E-state index contributed by atoms with van der Waals surface area (Å²) < 4.78 is 12.2. The second-order valence-corrected chi connectivity index (χ2v) is 12.9. The van der Waals surface area contributed by atoms with Crippen molar-refractivity contribution in [2.75, 3.05) is 30.0 Å². The monoisotopic (exact) mass is 662 g/mol. The zero-order chi connectivity index (χ0) is 33.7. The van der Waals surface area contributed by atoms with Crippen LogP contribution in [0.1, 0.15) is 46.8 Å². The number of esters is 1. The van der Waals surface area contributed by atoms with Gasteiger partial charge in [0.25, 0.3) is 0 Å². The summed E-state index contributed by atoms with van der Waals surface area (Å²) in [6, 6.07) is 49.9. The Morgan fingerprint density at radius 1 is 0.653 bits per heavy atom. The average molecular weight is 663 g/mol. The first-order chi connectivity index (χ1) is 24.1. The van der Waals surface area contributed by atoms with Crippen molar-refractivity contribution in [3.05, 3.63) is 168 Å². The molecule has 0 spiro atoms. The molecule has 1 aliphatic rings. The summed E-state index contributed by atoms with van der Waals surface area (Å²) in [7, 11) is 1.43. The Balaban J connectivity index is 1.51. The summed E-state index contributed by atoms with van der Waals surface area (Å²) in [6.07, 6.45) is 0. The molecule has 0 aromatic heterocycles. The van der Waals surface area contributed by atoms with E-state index in [4.69, 9.17) is 9.47 Å². The van der Waals surface area contributed by atoms with E-state index in [1.54, 1.807) is 11.8 Å². The Labute approximate surface area is 292 Å². The minimum Gasteiger partial charge on any atom is -0.465 e. The molecule has 0 radical (unpaired) electrons. The number of methoxy groups -OCH3 is 1. The lowest BCUT2D eigenvalue weighted by atomic mass is 9.80. The lowest BCUT2D eigenvalue weighted by molar-refractivity contribution is 0.0599. The molecular formula is C43H38N2O3S. The maximum atomic E-state index is 13.3. The van der Waals surface area contributed by atoms with E-state index in [2.05, 4.69) is 127 Å². The molecule has 244 valence electrons. The minimum absolute atomic E-state index is 0.289. The van der Waals surface area contributed by atoms with Crippen LogP contribution in [0.4, 0.5) is 22.7 Å². The molecule has 0 N–H and O–H groups in total. The van der Waals surface area contributed by atoms with Gasteiger partial charge in [-0.1, -0.05) is 90.6 Å². The number of hydrogen-bond acceptors (Lipinski definition) is 6. The third-order valence-corrected chi connectivity index (χ3v) is 10.0. The largest absolute Gasteiger partial charge is 0.465 e. The Morgan fingerprint density at radius 3 is 1.88 bits per heavy atom. The molecule has 49 heavy (non-hydrogen) atoms. The predicted octanol–water partition coefficient (Wildman–Crippen LogP) is 11.2. The van der Waals surface area contributed by atoms with Gasteiger partial charge >= 0.3 is 5.97 Å². The SMILES string of the molecule is CCN(CC)c1ccc2c(c1)Oc1cc(Sc3ccccc3)c(N(c3ccccc3)c3ccccc3)cc1C2c1ccccc1C(=O)OC. The Morgan fingerprint density at radius 2 is 1.24 bits per heavy atom. The van der Waals surface area contributed by atoms with Crippen LogP contribution in [0.2, 0.25) is 0 Å². The zero-order valence-corrected chi connectivity index (χ0v) is 28.7. The fourth-order valence-corrected chi connectivity index (χ4v) is 7.60. The van der Waals surface area contributed by atoms with Gasteiger partial charge in [-0.2, -0.15) is 0 Å². The maximum Gasteiger partial charge on any atom is 0.338 e. The molecule has 1 aliphatic heterocycles. The van der Waals surface area contributed by atoms with Crippen molar-refractivity contribution in [2.45, 2.75) is 29.6 Å². The molecule has 0 saturated carbocycles. The summed E-state index contributed by atoms with van der Waals surface area (Å²) in [6.45, 7) is 6.09. The molecule has 1 unspecified atom stereocenters. The van der Waals surface area contributed by atoms with Crippen LogP contribution in [-0.2, 0) is 4.74 Å². The molecule has 6 heteroatoms. The molecule has 0 fully saturated rings. The fourth-order valence-electron chi connectivity index (χ4n) is 6.63. The Hall–Kier alpha value is -5.46. The quantitative estimate of drug-likeness (QED) is 0.136. The number of carbonyl (C=O) groups excluding carboxylic acids is 1. The molecule has 6 aromatic rings. The summed E-state index contributed by atoms with van der Waals surface area (Å²) in [5.41, 5.74) is 7.57. The highest BCUT2D eigenvalue weighted by Gasteiger charge is 2.34. The van der Waals surface area contributed by atoms with E-state index in [0.717, 1.165) is 73.8 Å². The van der Waals surface area contributed by atoms with Crippen LogP contribution in [0.25, 0.3) is 0 Å². The van der Waals surface area contributed by atoms with Gasteiger partial charge in [0, 0.05) is 63.1 Å². The molecular weight excluding hydrogens is 625 g/mol. The van der Waals surface area contributed by atoms with E-state index < -0.39 is 0 Å². The van der Waals surface area contributed by atoms with Crippen LogP contribution in [0, 0.1) is 0 Å².